The number of rotatable bonds is 6. The highest BCUT2D eigenvalue weighted by Crippen LogP contribution is 2.29. The molecule has 0 aromatic heterocycles. The predicted molar refractivity (Wildman–Crippen MR) is 67.8 cm³/mol. The Bertz CT molecular complexity index is 543. The monoisotopic (exact) mass is 311 g/mol. The van der Waals surface area contributed by atoms with Gasteiger partial charge in [-0.25, -0.2) is 13.1 Å². The molecule has 0 amide bonds. The summed E-state index contributed by atoms with van der Waals surface area (Å²) in [5, 5.41) is 0. The zero-order valence-electron chi connectivity index (χ0n) is 11.1. The minimum atomic E-state index is -4.94. The van der Waals surface area contributed by atoms with Crippen LogP contribution < -0.4 is 9.46 Å². The quantitative estimate of drug-likeness (QED) is 0.879. The van der Waals surface area contributed by atoms with Gasteiger partial charge in [0.2, 0.25) is 10.0 Å². The van der Waals surface area contributed by atoms with Gasteiger partial charge < -0.3 is 4.74 Å². The van der Waals surface area contributed by atoms with Crippen LogP contribution in [0.4, 0.5) is 13.2 Å². The summed E-state index contributed by atoms with van der Waals surface area (Å²) in [5.41, 5.74) is 0. The fourth-order valence-corrected chi connectivity index (χ4v) is 2.65. The van der Waals surface area contributed by atoms with E-state index in [0.717, 1.165) is 18.6 Å². The van der Waals surface area contributed by atoms with Crippen LogP contribution in [0.25, 0.3) is 0 Å². The van der Waals surface area contributed by atoms with Crippen molar-refractivity contribution in [3.63, 3.8) is 0 Å². The van der Waals surface area contributed by atoms with E-state index in [1.165, 1.54) is 12.1 Å². The van der Waals surface area contributed by atoms with Gasteiger partial charge in [-0.3, -0.25) is 0 Å². The molecule has 20 heavy (non-hydrogen) atoms. The smallest absolute Gasteiger partial charge is 0.404 e. The van der Waals surface area contributed by atoms with Crippen molar-refractivity contribution >= 4 is 10.0 Å². The van der Waals surface area contributed by atoms with E-state index in [-0.39, 0.29) is 12.5 Å². The topological polar surface area (TPSA) is 55.4 Å². The van der Waals surface area contributed by atoms with Gasteiger partial charge in [0.25, 0.3) is 0 Å². The van der Waals surface area contributed by atoms with E-state index >= 15 is 0 Å². The maximum Gasteiger partial charge on any atom is 0.573 e. The van der Waals surface area contributed by atoms with E-state index < -0.39 is 27.0 Å². The van der Waals surface area contributed by atoms with Crippen LogP contribution in [0.1, 0.15) is 20.3 Å². The average Bonchev–Trinajstić information content (AvgIpc) is 2.34. The zero-order chi connectivity index (χ0) is 15.4. The molecule has 0 radical (unpaired) electrons. The summed E-state index contributed by atoms with van der Waals surface area (Å²) in [5.74, 6) is -0.655. The van der Waals surface area contributed by atoms with E-state index in [1.807, 2.05) is 13.8 Å². The Hall–Kier alpha value is -1.28. The van der Waals surface area contributed by atoms with E-state index in [1.54, 1.807) is 0 Å². The molecule has 0 bridgehead atoms. The molecule has 1 aromatic rings. The highest BCUT2D eigenvalue weighted by molar-refractivity contribution is 7.89. The standard InChI is InChI=1S/C12H16F3NO3S/c1-3-9(2)8-16-20(17,18)11-7-5-4-6-10(11)19-12(13,14)15/h4-7,9,16H,3,8H2,1-2H3. The molecule has 8 heteroatoms. The molecule has 0 saturated carbocycles. The fourth-order valence-electron chi connectivity index (χ4n) is 1.36. The number of hydrogen-bond donors (Lipinski definition) is 1. The molecule has 0 spiro atoms. The Labute approximate surface area is 116 Å². The second kappa shape index (κ2) is 6.45. The molecule has 0 heterocycles. The van der Waals surface area contributed by atoms with Gasteiger partial charge in [0.05, 0.1) is 0 Å². The number of ether oxygens (including phenoxy) is 1. The Balaban J connectivity index is 3.00. The number of para-hydroxylation sites is 1. The number of halogens is 3. The lowest BCUT2D eigenvalue weighted by molar-refractivity contribution is -0.275. The summed E-state index contributed by atoms with van der Waals surface area (Å²) in [6.45, 7) is 3.87. The van der Waals surface area contributed by atoms with Crippen LogP contribution in [0.5, 0.6) is 5.75 Å². The molecule has 0 saturated heterocycles. The molecule has 0 aliphatic carbocycles. The van der Waals surface area contributed by atoms with Crippen LogP contribution in [0, 0.1) is 5.92 Å². The van der Waals surface area contributed by atoms with Gasteiger partial charge in [-0.15, -0.1) is 13.2 Å². The van der Waals surface area contributed by atoms with E-state index in [4.69, 9.17) is 0 Å². The third kappa shape index (κ3) is 5.01. The average molecular weight is 311 g/mol. The number of hydrogen-bond acceptors (Lipinski definition) is 3. The third-order valence-electron chi connectivity index (χ3n) is 2.68. The Morgan fingerprint density at radius 1 is 1.30 bits per heavy atom. The molecule has 1 aromatic carbocycles. The molecule has 114 valence electrons. The summed E-state index contributed by atoms with van der Waals surface area (Å²) in [6, 6.07) is 4.64. The highest BCUT2D eigenvalue weighted by Gasteiger charge is 2.33. The molecule has 1 N–H and O–H groups in total. The van der Waals surface area contributed by atoms with Crippen molar-refractivity contribution in [3.8, 4) is 5.75 Å². The summed E-state index contributed by atoms with van der Waals surface area (Å²) in [6.07, 6.45) is -4.19. The number of alkyl halides is 3. The van der Waals surface area contributed by atoms with E-state index in [9.17, 15) is 21.6 Å². The molecular weight excluding hydrogens is 295 g/mol. The third-order valence-corrected chi connectivity index (χ3v) is 4.15. The second-order valence-corrected chi connectivity index (χ2v) is 6.10. The van der Waals surface area contributed by atoms with Crippen molar-refractivity contribution in [2.45, 2.75) is 31.5 Å². The molecule has 1 atom stereocenters. The normalized spacial score (nSPS) is 14.1. The molecule has 0 fully saturated rings. The lowest BCUT2D eigenvalue weighted by Gasteiger charge is -2.15. The lowest BCUT2D eigenvalue weighted by atomic mass is 10.1. The summed E-state index contributed by atoms with van der Waals surface area (Å²) in [7, 11) is -4.04. The van der Waals surface area contributed by atoms with E-state index in [0.29, 0.717) is 0 Å². The van der Waals surface area contributed by atoms with Crippen LogP contribution in [0.3, 0.4) is 0 Å². The first-order valence-corrected chi connectivity index (χ1v) is 7.48. The maximum absolute atomic E-state index is 12.2. The molecule has 0 aliphatic heterocycles. The fraction of sp³-hybridized carbons (Fsp3) is 0.500. The van der Waals surface area contributed by atoms with Crippen molar-refractivity contribution in [1.29, 1.82) is 0 Å². The Morgan fingerprint density at radius 2 is 1.90 bits per heavy atom. The van der Waals surface area contributed by atoms with Crippen LogP contribution in [0.15, 0.2) is 29.2 Å². The molecule has 1 unspecified atom stereocenters. The Kier molecular flexibility index (Phi) is 5.41. The van der Waals surface area contributed by atoms with Crippen LogP contribution in [-0.4, -0.2) is 21.3 Å². The van der Waals surface area contributed by atoms with Crippen LogP contribution >= 0.6 is 0 Å². The van der Waals surface area contributed by atoms with Gasteiger partial charge in [-0.05, 0) is 18.1 Å². The number of benzene rings is 1. The highest BCUT2D eigenvalue weighted by atomic mass is 32.2. The number of nitrogens with one attached hydrogen (secondary N) is 1. The molecule has 0 aliphatic rings. The minimum absolute atomic E-state index is 0.0838. The lowest BCUT2D eigenvalue weighted by Crippen LogP contribution is -2.29. The van der Waals surface area contributed by atoms with Gasteiger partial charge in [0.15, 0.2) is 0 Å². The van der Waals surface area contributed by atoms with Gasteiger partial charge in [0, 0.05) is 6.54 Å². The first-order chi connectivity index (χ1) is 9.15. The first kappa shape index (κ1) is 16.8. The summed E-state index contributed by atoms with van der Waals surface area (Å²) < 4.78 is 66.7. The molecule has 1 rings (SSSR count). The van der Waals surface area contributed by atoms with Crippen molar-refractivity contribution < 1.29 is 26.3 Å². The minimum Gasteiger partial charge on any atom is -0.404 e. The first-order valence-electron chi connectivity index (χ1n) is 6.00. The zero-order valence-corrected chi connectivity index (χ0v) is 11.9. The van der Waals surface area contributed by atoms with Crippen molar-refractivity contribution in [3.05, 3.63) is 24.3 Å². The predicted octanol–water partition coefficient (Wildman–Crippen LogP) is 2.91. The van der Waals surface area contributed by atoms with Gasteiger partial charge in [-0.2, -0.15) is 0 Å². The van der Waals surface area contributed by atoms with Gasteiger partial charge in [-0.1, -0.05) is 32.4 Å². The second-order valence-electron chi connectivity index (χ2n) is 4.36. The van der Waals surface area contributed by atoms with Crippen LogP contribution in [0.2, 0.25) is 0 Å². The largest absolute Gasteiger partial charge is 0.573 e. The van der Waals surface area contributed by atoms with Crippen molar-refractivity contribution in [2.75, 3.05) is 6.54 Å². The summed E-state index contributed by atoms with van der Waals surface area (Å²) in [4.78, 5) is -0.527. The molecule has 4 nitrogen and oxygen atoms in total. The SMILES string of the molecule is CCC(C)CNS(=O)(=O)c1ccccc1OC(F)(F)F. The maximum atomic E-state index is 12.2. The van der Waals surface area contributed by atoms with Crippen molar-refractivity contribution in [1.82, 2.24) is 4.72 Å². The van der Waals surface area contributed by atoms with Gasteiger partial charge in [0.1, 0.15) is 10.6 Å². The van der Waals surface area contributed by atoms with Crippen LogP contribution in [-0.2, 0) is 10.0 Å². The van der Waals surface area contributed by atoms with Gasteiger partial charge >= 0.3 is 6.36 Å². The summed E-state index contributed by atoms with van der Waals surface area (Å²) >= 11 is 0. The van der Waals surface area contributed by atoms with Crippen molar-refractivity contribution in [2.24, 2.45) is 5.92 Å². The molecular formula is C12H16F3NO3S. The Morgan fingerprint density at radius 3 is 2.45 bits per heavy atom. The van der Waals surface area contributed by atoms with E-state index in [2.05, 4.69) is 9.46 Å². The number of sulfonamides is 1.